The number of benzene rings is 1. The van der Waals surface area contributed by atoms with Crippen LogP contribution in [-0.2, 0) is 4.74 Å². The standard InChI is InChI=1S/C14H21Cl2NO/c1-4-14(17-9-10(3)18-5-2)12-7-6-11(15)8-13(12)16/h6-8,10,14,17H,4-5,9H2,1-3H3. The summed E-state index contributed by atoms with van der Waals surface area (Å²) in [5.74, 6) is 0. The Bertz CT molecular complexity index is 371. The zero-order chi connectivity index (χ0) is 13.5. The van der Waals surface area contributed by atoms with Crippen LogP contribution in [0.5, 0.6) is 0 Å². The van der Waals surface area contributed by atoms with Gasteiger partial charge in [0, 0.05) is 29.2 Å². The van der Waals surface area contributed by atoms with Gasteiger partial charge in [-0.25, -0.2) is 0 Å². The van der Waals surface area contributed by atoms with E-state index in [-0.39, 0.29) is 12.1 Å². The summed E-state index contributed by atoms with van der Waals surface area (Å²) < 4.78 is 5.51. The van der Waals surface area contributed by atoms with Crippen molar-refractivity contribution in [2.45, 2.75) is 39.3 Å². The van der Waals surface area contributed by atoms with E-state index in [1.807, 2.05) is 19.1 Å². The van der Waals surface area contributed by atoms with Crippen LogP contribution < -0.4 is 5.32 Å². The largest absolute Gasteiger partial charge is 0.377 e. The topological polar surface area (TPSA) is 21.3 Å². The van der Waals surface area contributed by atoms with E-state index >= 15 is 0 Å². The van der Waals surface area contributed by atoms with E-state index in [4.69, 9.17) is 27.9 Å². The highest BCUT2D eigenvalue weighted by Gasteiger charge is 2.13. The van der Waals surface area contributed by atoms with Crippen molar-refractivity contribution in [3.63, 3.8) is 0 Å². The highest BCUT2D eigenvalue weighted by atomic mass is 35.5. The molecular formula is C14H21Cl2NO. The number of nitrogens with one attached hydrogen (secondary N) is 1. The van der Waals surface area contributed by atoms with E-state index in [0.717, 1.165) is 25.1 Å². The fourth-order valence-electron chi connectivity index (χ4n) is 1.91. The molecule has 0 fully saturated rings. The van der Waals surface area contributed by atoms with Crippen molar-refractivity contribution in [1.82, 2.24) is 5.32 Å². The Morgan fingerprint density at radius 3 is 2.56 bits per heavy atom. The lowest BCUT2D eigenvalue weighted by atomic mass is 10.0. The Hall–Kier alpha value is -0.280. The van der Waals surface area contributed by atoms with Crippen molar-refractivity contribution in [2.75, 3.05) is 13.2 Å². The van der Waals surface area contributed by atoms with E-state index in [9.17, 15) is 0 Å². The van der Waals surface area contributed by atoms with E-state index in [1.54, 1.807) is 6.07 Å². The summed E-state index contributed by atoms with van der Waals surface area (Å²) in [5, 5.41) is 4.86. The molecule has 102 valence electrons. The lowest BCUT2D eigenvalue weighted by molar-refractivity contribution is 0.0738. The molecule has 1 aromatic rings. The Balaban J connectivity index is 2.65. The molecule has 0 bridgehead atoms. The Labute approximate surface area is 120 Å². The van der Waals surface area contributed by atoms with Gasteiger partial charge in [0.05, 0.1) is 6.10 Å². The summed E-state index contributed by atoms with van der Waals surface area (Å²) in [4.78, 5) is 0. The first kappa shape index (κ1) is 15.8. The first-order chi connectivity index (χ1) is 8.58. The predicted octanol–water partition coefficient (Wildman–Crippen LogP) is 4.46. The van der Waals surface area contributed by atoms with Crippen LogP contribution in [0.25, 0.3) is 0 Å². The van der Waals surface area contributed by atoms with Gasteiger partial charge in [-0.1, -0.05) is 36.2 Å². The van der Waals surface area contributed by atoms with Gasteiger partial charge < -0.3 is 10.1 Å². The molecule has 0 saturated carbocycles. The van der Waals surface area contributed by atoms with Crippen LogP contribution in [0.4, 0.5) is 0 Å². The summed E-state index contributed by atoms with van der Waals surface area (Å²) in [6, 6.07) is 5.88. The van der Waals surface area contributed by atoms with Crippen molar-refractivity contribution in [2.24, 2.45) is 0 Å². The Kier molecular flexibility index (Phi) is 7.02. The van der Waals surface area contributed by atoms with Crippen LogP contribution in [0.1, 0.15) is 38.8 Å². The van der Waals surface area contributed by atoms with Gasteiger partial charge in [-0.2, -0.15) is 0 Å². The third kappa shape index (κ3) is 4.77. The minimum atomic E-state index is 0.204. The van der Waals surface area contributed by atoms with Crippen LogP contribution in [0.3, 0.4) is 0 Å². The number of hydrogen-bond donors (Lipinski definition) is 1. The maximum Gasteiger partial charge on any atom is 0.0671 e. The maximum atomic E-state index is 6.22. The summed E-state index contributed by atoms with van der Waals surface area (Å²) >= 11 is 12.1. The van der Waals surface area contributed by atoms with Crippen LogP contribution in [-0.4, -0.2) is 19.3 Å². The molecule has 0 aliphatic heterocycles. The minimum Gasteiger partial charge on any atom is -0.377 e. The first-order valence-electron chi connectivity index (χ1n) is 6.38. The van der Waals surface area contributed by atoms with Gasteiger partial charge >= 0.3 is 0 Å². The van der Waals surface area contributed by atoms with Crippen molar-refractivity contribution in [3.05, 3.63) is 33.8 Å². The van der Waals surface area contributed by atoms with E-state index in [0.29, 0.717) is 10.0 Å². The summed E-state index contributed by atoms with van der Waals surface area (Å²) in [6.07, 6.45) is 1.18. The monoisotopic (exact) mass is 289 g/mol. The number of rotatable bonds is 7. The molecule has 1 aromatic carbocycles. The average Bonchev–Trinajstić information content (AvgIpc) is 2.32. The van der Waals surface area contributed by atoms with E-state index in [2.05, 4.69) is 19.2 Å². The molecule has 2 atom stereocenters. The van der Waals surface area contributed by atoms with Crippen molar-refractivity contribution in [3.8, 4) is 0 Å². The molecule has 2 unspecified atom stereocenters. The molecule has 18 heavy (non-hydrogen) atoms. The molecule has 0 aliphatic carbocycles. The minimum absolute atomic E-state index is 0.204. The van der Waals surface area contributed by atoms with Crippen molar-refractivity contribution in [1.29, 1.82) is 0 Å². The van der Waals surface area contributed by atoms with Gasteiger partial charge in [0.2, 0.25) is 0 Å². The molecule has 1 rings (SSSR count). The summed E-state index contributed by atoms with van der Waals surface area (Å²) in [7, 11) is 0. The Morgan fingerprint density at radius 2 is 2.00 bits per heavy atom. The van der Waals surface area contributed by atoms with Gasteiger partial charge in [-0.3, -0.25) is 0 Å². The zero-order valence-electron chi connectivity index (χ0n) is 11.2. The van der Waals surface area contributed by atoms with Crippen LogP contribution >= 0.6 is 23.2 Å². The second-order valence-corrected chi connectivity index (χ2v) is 5.14. The van der Waals surface area contributed by atoms with Crippen LogP contribution in [0.15, 0.2) is 18.2 Å². The van der Waals surface area contributed by atoms with Crippen LogP contribution in [0, 0.1) is 0 Å². The van der Waals surface area contributed by atoms with Gasteiger partial charge in [0.25, 0.3) is 0 Å². The van der Waals surface area contributed by atoms with Crippen molar-refractivity contribution >= 4 is 23.2 Å². The smallest absolute Gasteiger partial charge is 0.0671 e. The summed E-state index contributed by atoms with van der Waals surface area (Å²) in [5.41, 5.74) is 1.09. The van der Waals surface area contributed by atoms with Crippen LogP contribution in [0.2, 0.25) is 10.0 Å². The van der Waals surface area contributed by atoms with Gasteiger partial charge in [-0.05, 0) is 38.0 Å². The fourth-order valence-corrected chi connectivity index (χ4v) is 2.45. The second-order valence-electron chi connectivity index (χ2n) is 4.30. The number of ether oxygens (including phenoxy) is 1. The van der Waals surface area contributed by atoms with E-state index < -0.39 is 0 Å². The molecule has 4 heteroatoms. The molecular weight excluding hydrogens is 269 g/mol. The third-order valence-electron chi connectivity index (χ3n) is 2.85. The van der Waals surface area contributed by atoms with Crippen molar-refractivity contribution < 1.29 is 4.74 Å². The average molecular weight is 290 g/mol. The van der Waals surface area contributed by atoms with E-state index in [1.165, 1.54) is 0 Å². The molecule has 0 saturated heterocycles. The molecule has 0 amide bonds. The molecule has 2 nitrogen and oxygen atoms in total. The molecule has 0 aromatic heterocycles. The lowest BCUT2D eigenvalue weighted by Gasteiger charge is -2.21. The molecule has 0 heterocycles. The fraction of sp³-hybridized carbons (Fsp3) is 0.571. The zero-order valence-corrected chi connectivity index (χ0v) is 12.7. The molecule has 0 radical (unpaired) electrons. The maximum absolute atomic E-state index is 6.22. The lowest BCUT2D eigenvalue weighted by Crippen LogP contribution is -2.30. The normalized spacial score (nSPS) is 14.5. The van der Waals surface area contributed by atoms with Gasteiger partial charge in [0.1, 0.15) is 0 Å². The van der Waals surface area contributed by atoms with Gasteiger partial charge in [-0.15, -0.1) is 0 Å². The molecule has 0 aliphatic rings. The Morgan fingerprint density at radius 1 is 1.28 bits per heavy atom. The van der Waals surface area contributed by atoms with Gasteiger partial charge in [0.15, 0.2) is 0 Å². The first-order valence-corrected chi connectivity index (χ1v) is 7.14. The second kappa shape index (κ2) is 8.00. The highest BCUT2D eigenvalue weighted by molar-refractivity contribution is 6.35. The molecule has 1 N–H and O–H groups in total. The molecule has 0 spiro atoms. The predicted molar refractivity (Wildman–Crippen MR) is 78.6 cm³/mol. The SMILES string of the molecule is CCOC(C)CNC(CC)c1ccc(Cl)cc1Cl. The number of hydrogen-bond acceptors (Lipinski definition) is 2. The summed E-state index contributed by atoms with van der Waals surface area (Å²) in [6.45, 7) is 7.75. The quantitative estimate of drug-likeness (QED) is 0.800. The number of halogens is 2. The third-order valence-corrected chi connectivity index (χ3v) is 3.41. The highest BCUT2D eigenvalue weighted by Crippen LogP contribution is 2.27.